The van der Waals surface area contributed by atoms with Crippen molar-refractivity contribution in [3.05, 3.63) is 60.2 Å². The average Bonchev–Trinajstić information content (AvgIpc) is 2.40. The molecule has 3 nitrogen and oxygen atoms in total. The van der Waals surface area contributed by atoms with Gasteiger partial charge in [-0.3, -0.25) is 0 Å². The van der Waals surface area contributed by atoms with Gasteiger partial charge in [-0.25, -0.2) is 0 Å². The Kier molecular flexibility index (Phi) is 4.15. The zero-order valence-corrected chi connectivity index (χ0v) is 10.7. The van der Waals surface area contributed by atoms with Gasteiger partial charge in [0.1, 0.15) is 0 Å². The molecule has 0 amide bonds. The Labute approximate surface area is 112 Å². The summed E-state index contributed by atoms with van der Waals surface area (Å²) < 4.78 is 0. The molecule has 4 N–H and O–H groups in total. The van der Waals surface area contributed by atoms with Crippen molar-refractivity contribution < 1.29 is 0 Å². The lowest BCUT2D eigenvalue weighted by molar-refractivity contribution is 0.926. The van der Waals surface area contributed by atoms with Gasteiger partial charge in [0.25, 0.3) is 0 Å². The molecule has 0 unspecified atom stereocenters. The van der Waals surface area contributed by atoms with Gasteiger partial charge < -0.3 is 16.4 Å². The van der Waals surface area contributed by atoms with E-state index in [1.807, 2.05) is 54.6 Å². The second-order valence-electron chi connectivity index (χ2n) is 3.88. The third-order valence-corrected chi connectivity index (χ3v) is 2.75. The maximum Gasteiger partial charge on any atom is 0.171 e. The first-order chi connectivity index (χ1) is 8.75. The molecule has 0 fully saturated rings. The van der Waals surface area contributed by atoms with Gasteiger partial charge in [0, 0.05) is 6.54 Å². The average molecular weight is 257 g/mol. The number of anilines is 2. The van der Waals surface area contributed by atoms with Crippen LogP contribution in [0, 0.1) is 0 Å². The molecule has 2 aromatic carbocycles. The van der Waals surface area contributed by atoms with E-state index >= 15 is 0 Å². The molecule has 18 heavy (non-hydrogen) atoms. The fourth-order valence-electron chi connectivity index (χ4n) is 1.56. The number of benzene rings is 2. The third-order valence-electron chi connectivity index (χ3n) is 2.50. The van der Waals surface area contributed by atoms with E-state index in [-0.39, 0.29) is 0 Å². The Morgan fingerprint density at radius 2 is 1.67 bits per heavy atom. The highest BCUT2D eigenvalue weighted by Gasteiger charge is 2.00. The smallest absolute Gasteiger partial charge is 0.171 e. The maximum absolute atomic E-state index is 5.83. The van der Waals surface area contributed by atoms with Crippen LogP contribution in [0.15, 0.2) is 54.6 Å². The van der Waals surface area contributed by atoms with Crippen LogP contribution in [0.4, 0.5) is 11.4 Å². The van der Waals surface area contributed by atoms with Crippen LogP contribution in [0.2, 0.25) is 0 Å². The van der Waals surface area contributed by atoms with Crippen molar-refractivity contribution in [2.75, 3.05) is 11.1 Å². The van der Waals surface area contributed by atoms with E-state index in [0.717, 1.165) is 5.69 Å². The number of nitrogens with two attached hydrogens (primary N) is 1. The van der Waals surface area contributed by atoms with Gasteiger partial charge in [0.15, 0.2) is 5.11 Å². The van der Waals surface area contributed by atoms with Crippen molar-refractivity contribution in [3.8, 4) is 0 Å². The number of hydrogen-bond acceptors (Lipinski definition) is 2. The molecule has 0 radical (unpaired) electrons. The molecule has 0 aromatic heterocycles. The molecule has 0 aliphatic carbocycles. The van der Waals surface area contributed by atoms with Crippen LogP contribution < -0.4 is 16.4 Å². The zero-order chi connectivity index (χ0) is 12.8. The summed E-state index contributed by atoms with van der Waals surface area (Å²) >= 11 is 5.22. The first kappa shape index (κ1) is 12.4. The number of para-hydroxylation sites is 2. The van der Waals surface area contributed by atoms with Crippen LogP contribution in [0.3, 0.4) is 0 Å². The normalized spacial score (nSPS) is 9.78. The monoisotopic (exact) mass is 257 g/mol. The van der Waals surface area contributed by atoms with Crippen molar-refractivity contribution >= 4 is 28.7 Å². The number of thiocarbonyl (C=S) groups is 1. The predicted octanol–water partition coefficient (Wildman–Crippen LogP) is 2.76. The summed E-state index contributed by atoms with van der Waals surface area (Å²) in [5, 5.41) is 6.78. The molecular formula is C14H15N3S. The second-order valence-corrected chi connectivity index (χ2v) is 4.29. The van der Waals surface area contributed by atoms with Crippen molar-refractivity contribution in [2.24, 2.45) is 0 Å². The number of nitrogens with one attached hydrogen (secondary N) is 2. The zero-order valence-electron chi connectivity index (χ0n) is 9.89. The van der Waals surface area contributed by atoms with Crippen LogP contribution in [-0.4, -0.2) is 5.11 Å². The summed E-state index contributed by atoms with van der Waals surface area (Å²) in [5.41, 5.74) is 8.51. The molecule has 4 heteroatoms. The highest BCUT2D eigenvalue weighted by molar-refractivity contribution is 7.80. The van der Waals surface area contributed by atoms with Crippen LogP contribution in [0.25, 0.3) is 0 Å². The predicted molar refractivity (Wildman–Crippen MR) is 80.4 cm³/mol. The van der Waals surface area contributed by atoms with Gasteiger partial charge in [-0.1, -0.05) is 42.5 Å². The van der Waals surface area contributed by atoms with E-state index in [9.17, 15) is 0 Å². The van der Waals surface area contributed by atoms with Crippen molar-refractivity contribution in [1.82, 2.24) is 5.32 Å². The summed E-state index contributed by atoms with van der Waals surface area (Å²) in [5.74, 6) is 0. The molecule has 92 valence electrons. The topological polar surface area (TPSA) is 50.1 Å². The standard InChI is InChI=1S/C14H15N3S/c15-12-8-4-5-9-13(12)17-14(18)16-10-11-6-2-1-3-7-11/h1-9H,10,15H2,(H2,16,17,18). The van der Waals surface area contributed by atoms with Gasteiger partial charge in [-0.05, 0) is 29.9 Å². The largest absolute Gasteiger partial charge is 0.397 e. The first-order valence-electron chi connectivity index (χ1n) is 5.69. The van der Waals surface area contributed by atoms with Crippen molar-refractivity contribution in [1.29, 1.82) is 0 Å². The first-order valence-corrected chi connectivity index (χ1v) is 6.10. The molecule has 0 bridgehead atoms. The van der Waals surface area contributed by atoms with E-state index in [0.29, 0.717) is 17.3 Å². The Morgan fingerprint density at radius 1 is 1.00 bits per heavy atom. The lowest BCUT2D eigenvalue weighted by Gasteiger charge is -2.12. The SMILES string of the molecule is Nc1ccccc1NC(=S)NCc1ccccc1. The minimum absolute atomic E-state index is 0.566. The van der Waals surface area contributed by atoms with Gasteiger partial charge in [-0.15, -0.1) is 0 Å². The molecule has 0 spiro atoms. The van der Waals surface area contributed by atoms with E-state index in [1.165, 1.54) is 5.56 Å². The molecular weight excluding hydrogens is 242 g/mol. The van der Waals surface area contributed by atoms with Crippen LogP contribution >= 0.6 is 12.2 Å². The Morgan fingerprint density at radius 3 is 2.39 bits per heavy atom. The molecule has 0 saturated carbocycles. The van der Waals surface area contributed by atoms with E-state index in [4.69, 9.17) is 18.0 Å². The van der Waals surface area contributed by atoms with E-state index in [1.54, 1.807) is 0 Å². The van der Waals surface area contributed by atoms with Crippen molar-refractivity contribution in [2.45, 2.75) is 6.54 Å². The lowest BCUT2D eigenvalue weighted by Crippen LogP contribution is -2.28. The fourth-order valence-corrected chi connectivity index (χ4v) is 1.74. The van der Waals surface area contributed by atoms with E-state index in [2.05, 4.69) is 10.6 Å². The van der Waals surface area contributed by atoms with Crippen LogP contribution in [0.5, 0.6) is 0 Å². The number of hydrogen-bond donors (Lipinski definition) is 3. The number of nitrogen functional groups attached to an aromatic ring is 1. The molecule has 2 rings (SSSR count). The van der Waals surface area contributed by atoms with Gasteiger partial charge in [0.05, 0.1) is 11.4 Å². The molecule has 0 aliphatic rings. The highest BCUT2D eigenvalue weighted by Crippen LogP contribution is 2.16. The molecule has 0 atom stereocenters. The second kappa shape index (κ2) is 6.02. The van der Waals surface area contributed by atoms with Gasteiger partial charge in [-0.2, -0.15) is 0 Å². The van der Waals surface area contributed by atoms with Crippen molar-refractivity contribution in [3.63, 3.8) is 0 Å². The van der Waals surface area contributed by atoms with Crippen LogP contribution in [0.1, 0.15) is 5.56 Å². The summed E-state index contributed by atoms with van der Waals surface area (Å²) in [4.78, 5) is 0. The molecule has 0 saturated heterocycles. The molecule has 0 aliphatic heterocycles. The fraction of sp³-hybridized carbons (Fsp3) is 0.0714. The summed E-state index contributed by atoms with van der Waals surface area (Å²) in [6.07, 6.45) is 0. The maximum atomic E-state index is 5.83. The summed E-state index contributed by atoms with van der Waals surface area (Å²) in [6, 6.07) is 17.6. The summed E-state index contributed by atoms with van der Waals surface area (Å²) in [7, 11) is 0. The third kappa shape index (κ3) is 3.46. The van der Waals surface area contributed by atoms with Gasteiger partial charge in [0.2, 0.25) is 0 Å². The molecule has 2 aromatic rings. The molecule has 0 heterocycles. The highest BCUT2D eigenvalue weighted by atomic mass is 32.1. The Balaban J connectivity index is 1.88. The lowest BCUT2D eigenvalue weighted by atomic mass is 10.2. The summed E-state index contributed by atoms with van der Waals surface area (Å²) in [6.45, 7) is 0.694. The minimum Gasteiger partial charge on any atom is -0.397 e. The Bertz CT molecular complexity index is 526. The quantitative estimate of drug-likeness (QED) is 0.584. The Hall–Kier alpha value is -2.07. The van der Waals surface area contributed by atoms with E-state index < -0.39 is 0 Å². The number of rotatable bonds is 3. The van der Waals surface area contributed by atoms with Gasteiger partial charge >= 0.3 is 0 Å². The minimum atomic E-state index is 0.566. The van der Waals surface area contributed by atoms with Crippen LogP contribution in [-0.2, 0) is 6.54 Å².